The molecule has 0 unspecified atom stereocenters. The van der Waals surface area contributed by atoms with Gasteiger partial charge in [0.05, 0.1) is 5.92 Å². The average molecular weight is 123 g/mol. The highest BCUT2D eigenvalue weighted by Gasteiger charge is 2.42. The summed E-state index contributed by atoms with van der Waals surface area (Å²) in [5.74, 6) is -0.471. The fourth-order valence-electron chi connectivity index (χ4n) is 0.399. The van der Waals surface area contributed by atoms with Gasteiger partial charge in [-0.05, 0) is 18.0 Å². The topological polar surface area (TPSA) is 17.1 Å². The Balaban J connectivity index is 2.33. The van der Waals surface area contributed by atoms with Gasteiger partial charge in [-0.25, -0.2) is 4.39 Å². The van der Waals surface area contributed by atoms with Crippen molar-refractivity contribution in [2.24, 2.45) is 5.92 Å². The number of carbonyl (C=O) groups excluding carboxylic acids is 1. The lowest BCUT2D eigenvalue weighted by Crippen LogP contribution is -1.89. The Labute approximate surface area is 45.5 Å². The molecule has 1 aliphatic rings. The first kappa shape index (κ1) is 5.04. The second kappa shape index (κ2) is 1.44. The molecule has 1 aliphatic carbocycles. The molecule has 0 bridgehead atoms. The zero-order chi connectivity index (χ0) is 5.44. The molecule has 0 aliphatic heterocycles. The summed E-state index contributed by atoms with van der Waals surface area (Å²) in [5, 5.41) is -0.535. The van der Waals surface area contributed by atoms with Gasteiger partial charge in [0.15, 0.2) is 0 Å². The third-order valence-corrected chi connectivity index (χ3v) is 1.28. The van der Waals surface area contributed by atoms with Gasteiger partial charge in [0.1, 0.15) is 6.17 Å². The van der Waals surface area contributed by atoms with Gasteiger partial charge in [-0.3, -0.25) is 4.79 Å². The van der Waals surface area contributed by atoms with Crippen molar-refractivity contribution in [2.45, 2.75) is 12.6 Å². The molecule has 0 aromatic rings. The van der Waals surface area contributed by atoms with Gasteiger partial charge in [0.2, 0.25) is 5.24 Å². The molecular formula is C4H4ClFO. The van der Waals surface area contributed by atoms with E-state index in [4.69, 9.17) is 11.6 Å². The first-order valence-corrected chi connectivity index (χ1v) is 2.43. The van der Waals surface area contributed by atoms with Crippen molar-refractivity contribution in [1.82, 2.24) is 0 Å². The van der Waals surface area contributed by atoms with Gasteiger partial charge in [0.25, 0.3) is 0 Å². The number of rotatable bonds is 1. The Hall–Kier alpha value is -0.110. The lowest BCUT2D eigenvalue weighted by Gasteiger charge is -1.75. The van der Waals surface area contributed by atoms with Crippen LogP contribution in [0.5, 0.6) is 0 Å². The highest BCUT2D eigenvalue weighted by molar-refractivity contribution is 6.64. The predicted molar refractivity (Wildman–Crippen MR) is 23.9 cm³/mol. The third-order valence-electron chi connectivity index (χ3n) is 1.00. The van der Waals surface area contributed by atoms with Crippen LogP contribution in [-0.2, 0) is 4.79 Å². The summed E-state index contributed by atoms with van der Waals surface area (Å²) in [4.78, 5) is 9.94. The summed E-state index contributed by atoms with van der Waals surface area (Å²) in [6.45, 7) is 0. The third kappa shape index (κ3) is 0.911. The summed E-state index contributed by atoms with van der Waals surface area (Å²) < 4.78 is 11.7. The molecule has 0 heterocycles. The van der Waals surface area contributed by atoms with Gasteiger partial charge >= 0.3 is 0 Å². The van der Waals surface area contributed by atoms with Crippen LogP contribution in [0.1, 0.15) is 6.42 Å². The number of hydrogen-bond donors (Lipinski definition) is 0. The van der Waals surface area contributed by atoms with Gasteiger partial charge in [0, 0.05) is 0 Å². The van der Waals surface area contributed by atoms with Gasteiger partial charge in [-0.1, -0.05) is 0 Å². The molecule has 0 spiro atoms. The Bertz CT molecular complexity index is 104. The Kier molecular flexibility index (Phi) is 1.04. The van der Waals surface area contributed by atoms with E-state index in [1.807, 2.05) is 0 Å². The molecule has 0 aromatic heterocycles. The minimum atomic E-state index is -0.940. The molecule has 0 radical (unpaired) electrons. The van der Waals surface area contributed by atoms with Crippen LogP contribution in [0.4, 0.5) is 4.39 Å². The van der Waals surface area contributed by atoms with E-state index in [0.29, 0.717) is 6.42 Å². The van der Waals surface area contributed by atoms with Crippen LogP contribution in [0.15, 0.2) is 0 Å². The molecule has 3 heteroatoms. The maximum absolute atomic E-state index is 11.7. The van der Waals surface area contributed by atoms with E-state index in [1.54, 1.807) is 0 Å². The summed E-state index contributed by atoms with van der Waals surface area (Å²) in [5.41, 5.74) is 0. The molecule has 0 saturated heterocycles. The Morgan fingerprint density at radius 1 is 1.86 bits per heavy atom. The largest absolute Gasteiger partial charge is 0.281 e. The van der Waals surface area contributed by atoms with E-state index >= 15 is 0 Å². The van der Waals surface area contributed by atoms with E-state index in [2.05, 4.69) is 0 Å². The maximum Gasteiger partial charge on any atom is 0.227 e. The van der Waals surface area contributed by atoms with Crippen LogP contribution >= 0.6 is 11.6 Å². The molecule has 1 rings (SSSR count). The van der Waals surface area contributed by atoms with Crippen LogP contribution in [0.3, 0.4) is 0 Å². The van der Waals surface area contributed by atoms with Crippen molar-refractivity contribution in [2.75, 3.05) is 0 Å². The Morgan fingerprint density at radius 3 is 2.29 bits per heavy atom. The second-order valence-electron chi connectivity index (χ2n) is 1.66. The molecule has 1 saturated carbocycles. The zero-order valence-corrected chi connectivity index (χ0v) is 4.28. The van der Waals surface area contributed by atoms with Crippen molar-refractivity contribution >= 4 is 16.8 Å². The monoisotopic (exact) mass is 122 g/mol. The highest BCUT2D eigenvalue weighted by atomic mass is 35.5. The van der Waals surface area contributed by atoms with E-state index < -0.39 is 17.3 Å². The summed E-state index contributed by atoms with van der Waals surface area (Å²) in [6.07, 6.45) is -0.604. The number of hydrogen-bond acceptors (Lipinski definition) is 1. The van der Waals surface area contributed by atoms with Crippen LogP contribution in [0.25, 0.3) is 0 Å². The van der Waals surface area contributed by atoms with E-state index in [-0.39, 0.29) is 0 Å². The minimum Gasteiger partial charge on any atom is -0.281 e. The van der Waals surface area contributed by atoms with Crippen molar-refractivity contribution in [3.63, 3.8) is 0 Å². The van der Waals surface area contributed by atoms with Crippen molar-refractivity contribution in [3.8, 4) is 0 Å². The molecule has 1 fully saturated rings. The average Bonchev–Trinajstić information content (AvgIpc) is 2.17. The summed E-state index contributed by atoms with van der Waals surface area (Å²) >= 11 is 4.89. The lowest BCUT2D eigenvalue weighted by atomic mass is 10.5. The van der Waals surface area contributed by atoms with Crippen molar-refractivity contribution in [3.05, 3.63) is 0 Å². The quantitative estimate of drug-likeness (QED) is 0.476. The lowest BCUT2D eigenvalue weighted by molar-refractivity contribution is -0.113. The standard InChI is InChI=1S/C4H4ClFO/c5-4(7)2-1-3(2)6/h2-3H,1H2/t2-,3+/m1/s1. The van der Waals surface area contributed by atoms with E-state index in [0.717, 1.165) is 0 Å². The molecule has 0 aromatic carbocycles. The van der Waals surface area contributed by atoms with E-state index in [9.17, 15) is 9.18 Å². The SMILES string of the molecule is O=C(Cl)[C@@H]1C[C@@H]1F. The number of carbonyl (C=O) groups is 1. The molecule has 0 amide bonds. The van der Waals surface area contributed by atoms with E-state index in [1.165, 1.54) is 0 Å². The van der Waals surface area contributed by atoms with Crippen molar-refractivity contribution in [1.29, 1.82) is 0 Å². The Morgan fingerprint density at radius 2 is 2.29 bits per heavy atom. The van der Waals surface area contributed by atoms with Gasteiger partial charge < -0.3 is 0 Å². The number of halogens is 2. The molecular weight excluding hydrogens is 118 g/mol. The predicted octanol–water partition coefficient (Wildman–Crippen LogP) is 1.11. The number of alkyl halides is 1. The molecule has 1 nitrogen and oxygen atoms in total. The molecule has 0 N–H and O–H groups in total. The molecule has 7 heavy (non-hydrogen) atoms. The van der Waals surface area contributed by atoms with Crippen LogP contribution in [-0.4, -0.2) is 11.4 Å². The first-order chi connectivity index (χ1) is 3.22. The second-order valence-corrected chi connectivity index (χ2v) is 2.03. The zero-order valence-electron chi connectivity index (χ0n) is 3.53. The summed E-state index contributed by atoms with van der Waals surface area (Å²) in [6, 6.07) is 0. The van der Waals surface area contributed by atoms with Crippen LogP contribution in [0.2, 0.25) is 0 Å². The highest BCUT2D eigenvalue weighted by Crippen LogP contribution is 2.35. The fourth-order valence-corrected chi connectivity index (χ4v) is 0.625. The maximum atomic E-state index is 11.7. The first-order valence-electron chi connectivity index (χ1n) is 2.05. The van der Waals surface area contributed by atoms with Crippen molar-refractivity contribution < 1.29 is 9.18 Å². The normalized spacial score (nSPS) is 38.0. The summed E-state index contributed by atoms with van der Waals surface area (Å²) in [7, 11) is 0. The smallest absolute Gasteiger partial charge is 0.227 e. The van der Waals surface area contributed by atoms with Gasteiger partial charge in [-0.15, -0.1) is 0 Å². The molecule has 40 valence electrons. The minimum absolute atomic E-state index is 0.336. The van der Waals surface area contributed by atoms with Crippen LogP contribution in [0, 0.1) is 5.92 Å². The van der Waals surface area contributed by atoms with Crippen LogP contribution < -0.4 is 0 Å². The molecule has 2 atom stereocenters. The fraction of sp³-hybridized carbons (Fsp3) is 0.750. The van der Waals surface area contributed by atoms with Gasteiger partial charge in [-0.2, -0.15) is 0 Å².